The fraction of sp³-hybridized carbons (Fsp3) is 0.462. The molecular formula is C13H19ClN2O2. The number of carbonyl (C=O) groups is 1. The van der Waals surface area contributed by atoms with Gasteiger partial charge in [0.1, 0.15) is 5.75 Å². The van der Waals surface area contributed by atoms with Crippen molar-refractivity contribution >= 4 is 23.2 Å². The van der Waals surface area contributed by atoms with Crippen molar-refractivity contribution in [1.82, 2.24) is 5.32 Å². The first-order valence-corrected chi connectivity index (χ1v) is 6.25. The number of benzene rings is 1. The van der Waals surface area contributed by atoms with Crippen molar-refractivity contribution in [3.8, 4) is 5.75 Å². The van der Waals surface area contributed by atoms with Crippen LogP contribution in [0.1, 0.15) is 18.4 Å². The zero-order valence-corrected chi connectivity index (χ0v) is 11.7. The summed E-state index contributed by atoms with van der Waals surface area (Å²) in [5.41, 5.74) is 1.89. The van der Waals surface area contributed by atoms with Crippen LogP contribution < -0.4 is 15.4 Å². The van der Waals surface area contributed by atoms with Crippen LogP contribution in [0.15, 0.2) is 12.1 Å². The molecule has 0 aromatic heterocycles. The van der Waals surface area contributed by atoms with E-state index in [-0.39, 0.29) is 5.91 Å². The minimum Gasteiger partial charge on any atom is -0.495 e. The smallest absolute Gasteiger partial charge is 0.219 e. The zero-order chi connectivity index (χ0) is 13.5. The van der Waals surface area contributed by atoms with Gasteiger partial charge in [0.15, 0.2) is 0 Å². The monoisotopic (exact) mass is 270 g/mol. The predicted molar refractivity (Wildman–Crippen MR) is 74.5 cm³/mol. The Morgan fingerprint density at radius 3 is 2.78 bits per heavy atom. The van der Waals surface area contributed by atoms with Crippen molar-refractivity contribution in [3.63, 3.8) is 0 Å². The molecule has 0 aliphatic heterocycles. The van der Waals surface area contributed by atoms with Crippen LogP contribution >= 0.6 is 11.6 Å². The van der Waals surface area contributed by atoms with E-state index in [0.717, 1.165) is 17.7 Å². The summed E-state index contributed by atoms with van der Waals surface area (Å²) in [6.45, 7) is 2.66. The van der Waals surface area contributed by atoms with Gasteiger partial charge in [-0.1, -0.05) is 11.6 Å². The van der Waals surface area contributed by atoms with Gasteiger partial charge < -0.3 is 15.4 Å². The van der Waals surface area contributed by atoms with Crippen molar-refractivity contribution in [2.45, 2.75) is 19.8 Å². The zero-order valence-electron chi connectivity index (χ0n) is 11.0. The van der Waals surface area contributed by atoms with Gasteiger partial charge in [-0.3, -0.25) is 4.79 Å². The summed E-state index contributed by atoms with van der Waals surface area (Å²) >= 11 is 6.03. The van der Waals surface area contributed by atoms with Crippen LogP contribution in [0.2, 0.25) is 5.02 Å². The summed E-state index contributed by atoms with van der Waals surface area (Å²) in [5, 5.41) is 6.53. The number of carbonyl (C=O) groups excluding carboxylic acids is 1. The van der Waals surface area contributed by atoms with Gasteiger partial charge in [0, 0.05) is 31.1 Å². The summed E-state index contributed by atoms with van der Waals surface area (Å²) in [4.78, 5) is 11.1. The van der Waals surface area contributed by atoms with Crippen molar-refractivity contribution in [2.75, 3.05) is 26.0 Å². The number of nitrogens with one attached hydrogen (secondary N) is 2. The maximum atomic E-state index is 11.1. The molecule has 5 heteroatoms. The van der Waals surface area contributed by atoms with Gasteiger partial charge in [-0.25, -0.2) is 0 Å². The molecule has 1 aromatic carbocycles. The third-order valence-corrected chi connectivity index (χ3v) is 3.06. The lowest BCUT2D eigenvalue weighted by molar-refractivity contribution is -0.120. The van der Waals surface area contributed by atoms with Crippen molar-refractivity contribution in [3.05, 3.63) is 22.7 Å². The van der Waals surface area contributed by atoms with Gasteiger partial charge in [0.2, 0.25) is 5.91 Å². The van der Waals surface area contributed by atoms with Gasteiger partial charge in [-0.15, -0.1) is 0 Å². The molecule has 0 saturated heterocycles. The van der Waals surface area contributed by atoms with Gasteiger partial charge >= 0.3 is 0 Å². The Morgan fingerprint density at radius 2 is 2.17 bits per heavy atom. The maximum absolute atomic E-state index is 11.1. The number of hydrogen-bond acceptors (Lipinski definition) is 3. The number of rotatable bonds is 6. The van der Waals surface area contributed by atoms with Gasteiger partial charge in [-0.2, -0.15) is 0 Å². The first-order valence-electron chi connectivity index (χ1n) is 5.87. The Morgan fingerprint density at radius 1 is 1.44 bits per heavy atom. The summed E-state index contributed by atoms with van der Waals surface area (Å²) in [5.74, 6) is 0.765. The molecule has 4 nitrogen and oxygen atoms in total. The molecule has 100 valence electrons. The summed E-state index contributed by atoms with van der Waals surface area (Å²) in [6.07, 6.45) is 1.28. The van der Waals surface area contributed by atoms with E-state index in [2.05, 4.69) is 10.6 Å². The Labute approximate surface area is 113 Å². The van der Waals surface area contributed by atoms with Crippen molar-refractivity contribution < 1.29 is 9.53 Å². The Kier molecular flexibility index (Phi) is 5.78. The first kappa shape index (κ1) is 14.6. The number of methoxy groups -OCH3 is 1. The van der Waals surface area contributed by atoms with E-state index in [1.807, 2.05) is 13.0 Å². The number of ether oxygens (including phenoxy) is 1. The average molecular weight is 271 g/mol. The van der Waals surface area contributed by atoms with E-state index in [9.17, 15) is 4.79 Å². The molecule has 0 atom stereocenters. The highest BCUT2D eigenvalue weighted by Crippen LogP contribution is 2.30. The average Bonchev–Trinajstić information content (AvgIpc) is 2.37. The molecule has 0 saturated carbocycles. The fourth-order valence-electron chi connectivity index (χ4n) is 1.57. The van der Waals surface area contributed by atoms with Crippen LogP contribution in [0.5, 0.6) is 5.75 Å². The minimum absolute atomic E-state index is 0.0519. The summed E-state index contributed by atoms with van der Waals surface area (Å²) in [6, 6.07) is 3.74. The molecule has 0 radical (unpaired) electrons. The van der Waals surface area contributed by atoms with E-state index in [0.29, 0.717) is 23.7 Å². The van der Waals surface area contributed by atoms with Crippen molar-refractivity contribution in [2.24, 2.45) is 0 Å². The van der Waals surface area contributed by atoms with Gasteiger partial charge in [-0.05, 0) is 25.0 Å². The maximum Gasteiger partial charge on any atom is 0.219 e. The molecule has 1 rings (SSSR count). The highest BCUT2D eigenvalue weighted by atomic mass is 35.5. The molecule has 0 fully saturated rings. The molecular weight excluding hydrogens is 252 g/mol. The number of amides is 1. The van der Waals surface area contributed by atoms with Crippen LogP contribution in [0.4, 0.5) is 5.69 Å². The second kappa shape index (κ2) is 7.11. The largest absolute Gasteiger partial charge is 0.495 e. The standard InChI is InChI=1S/C13H19ClN2O2/c1-9-7-11(12(18-3)8-10(9)14)16-6-4-5-13(17)15-2/h7-8,16H,4-6H2,1-3H3,(H,15,17). The van der Waals surface area contributed by atoms with E-state index >= 15 is 0 Å². The van der Waals surface area contributed by atoms with Crippen molar-refractivity contribution in [1.29, 1.82) is 0 Å². The minimum atomic E-state index is 0.0519. The second-order valence-corrected chi connectivity index (χ2v) is 4.41. The third kappa shape index (κ3) is 4.11. The molecule has 2 N–H and O–H groups in total. The number of anilines is 1. The Bertz CT molecular complexity index is 422. The number of halogens is 1. The number of aryl methyl sites for hydroxylation is 1. The highest BCUT2D eigenvalue weighted by Gasteiger charge is 2.06. The van der Waals surface area contributed by atoms with Crippen LogP contribution in [0, 0.1) is 6.92 Å². The molecule has 18 heavy (non-hydrogen) atoms. The van der Waals surface area contributed by atoms with Crippen LogP contribution in [-0.2, 0) is 4.79 Å². The molecule has 0 unspecified atom stereocenters. The quantitative estimate of drug-likeness (QED) is 0.781. The lowest BCUT2D eigenvalue weighted by Gasteiger charge is -2.13. The van der Waals surface area contributed by atoms with E-state index in [1.54, 1.807) is 20.2 Å². The molecule has 0 bridgehead atoms. The van der Waals surface area contributed by atoms with Crippen LogP contribution in [0.25, 0.3) is 0 Å². The van der Waals surface area contributed by atoms with Gasteiger partial charge in [0.25, 0.3) is 0 Å². The number of hydrogen-bond donors (Lipinski definition) is 2. The Hall–Kier alpha value is -1.42. The molecule has 0 heterocycles. The Balaban J connectivity index is 2.56. The van der Waals surface area contributed by atoms with E-state index in [4.69, 9.17) is 16.3 Å². The molecule has 1 aromatic rings. The van der Waals surface area contributed by atoms with Crippen LogP contribution in [0.3, 0.4) is 0 Å². The van der Waals surface area contributed by atoms with Crippen LogP contribution in [-0.4, -0.2) is 26.6 Å². The second-order valence-electron chi connectivity index (χ2n) is 4.01. The summed E-state index contributed by atoms with van der Waals surface area (Å²) < 4.78 is 5.25. The first-order chi connectivity index (χ1) is 8.58. The fourth-order valence-corrected chi connectivity index (χ4v) is 1.72. The normalized spacial score (nSPS) is 10.0. The molecule has 0 aliphatic carbocycles. The summed E-state index contributed by atoms with van der Waals surface area (Å²) in [7, 11) is 3.25. The highest BCUT2D eigenvalue weighted by molar-refractivity contribution is 6.31. The SMILES string of the molecule is CNC(=O)CCCNc1cc(C)c(Cl)cc1OC. The molecule has 1 amide bonds. The van der Waals surface area contributed by atoms with E-state index in [1.165, 1.54) is 0 Å². The molecule has 0 spiro atoms. The lowest BCUT2D eigenvalue weighted by Crippen LogP contribution is -2.18. The predicted octanol–water partition coefficient (Wildman–Crippen LogP) is 2.60. The van der Waals surface area contributed by atoms with Gasteiger partial charge in [0.05, 0.1) is 12.8 Å². The third-order valence-electron chi connectivity index (χ3n) is 2.66. The lowest BCUT2D eigenvalue weighted by atomic mass is 10.2. The molecule has 0 aliphatic rings. The topological polar surface area (TPSA) is 50.4 Å². The van der Waals surface area contributed by atoms with E-state index < -0.39 is 0 Å².